The van der Waals surface area contributed by atoms with Crippen molar-refractivity contribution in [1.82, 2.24) is 9.80 Å². The van der Waals surface area contributed by atoms with Gasteiger partial charge >= 0.3 is 0 Å². The van der Waals surface area contributed by atoms with Crippen LogP contribution >= 0.6 is 0 Å². The molecule has 1 aliphatic heterocycles. The molecule has 1 aliphatic rings. The molecule has 1 unspecified atom stereocenters. The Labute approximate surface area is 184 Å². The number of benzene rings is 2. The number of hydrogen-bond acceptors (Lipinski definition) is 5. The molecule has 6 heteroatoms. The van der Waals surface area contributed by atoms with Gasteiger partial charge in [-0.2, -0.15) is 5.26 Å². The molecule has 0 saturated carbocycles. The van der Waals surface area contributed by atoms with Gasteiger partial charge in [0.2, 0.25) is 0 Å². The molecule has 1 atom stereocenters. The van der Waals surface area contributed by atoms with Crippen molar-refractivity contribution in [3.63, 3.8) is 0 Å². The van der Waals surface area contributed by atoms with Gasteiger partial charge in [-0.05, 0) is 62.2 Å². The molecule has 164 valence electrons. The van der Waals surface area contributed by atoms with Crippen molar-refractivity contribution in [1.29, 1.82) is 5.26 Å². The highest BCUT2D eigenvalue weighted by Crippen LogP contribution is 2.20. The normalized spacial score (nSPS) is 15.5. The van der Waals surface area contributed by atoms with Crippen LogP contribution in [-0.4, -0.2) is 65.7 Å². The van der Waals surface area contributed by atoms with E-state index in [1.165, 1.54) is 0 Å². The van der Waals surface area contributed by atoms with Crippen LogP contribution in [0.1, 0.15) is 42.1 Å². The number of aliphatic hydroxyl groups excluding tert-OH is 1. The van der Waals surface area contributed by atoms with Crippen molar-refractivity contribution in [2.45, 2.75) is 38.3 Å². The fraction of sp³-hybridized carbons (Fsp3) is 0.440. The molecule has 2 aromatic rings. The Kier molecular flexibility index (Phi) is 8.45. The van der Waals surface area contributed by atoms with Crippen LogP contribution in [0.4, 0.5) is 0 Å². The zero-order chi connectivity index (χ0) is 22.1. The van der Waals surface area contributed by atoms with Gasteiger partial charge in [-0.25, -0.2) is 0 Å². The van der Waals surface area contributed by atoms with E-state index in [1.54, 1.807) is 24.3 Å². The van der Waals surface area contributed by atoms with Crippen LogP contribution in [0.3, 0.4) is 0 Å². The van der Waals surface area contributed by atoms with Crippen LogP contribution in [0, 0.1) is 11.3 Å². The first-order chi connectivity index (χ1) is 15.1. The molecular weight excluding hydrogens is 390 g/mol. The quantitative estimate of drug-likeness (QED) is 0.672. The topological polar surface area (TPSA) is 76.8 Å². The summed E-state index contributed by atoms with van der Waals surface area (Å²) in [6.07, 6.45) is 2.21. The van der Waals surface area contributed by atoms with E-state index >= 15 is 0 Å². The van der Waals surface area contributed by atoms with Gasteiger partial charge in [0.1, 0.15) is 18.5 Å². The molecular formula is C25H31N3O3. The number of carbonyl (C=O) groups excluding carboxylic acids is 1. The van der Waals surface area contributed by atoms with E-state index in [0.717, 1.165) is 44.5 Å². The highest BCUT2D eigenvalue weighted by molar-refractivity contribution is 5.94. The predicted molar refractivity (Wildman–Crippen MR) is 120 cm³/mol. The van der Waals surface area contributed by atoms with Crippen molar-refractivity contribution in [2.24, 2.45) is 0 Å². The zero-order valence-electron chi connectivity index (χ0n) is 18.1. The van der Waals surface area contributed by atoms with Gasteiger partial charge < -0.3 is 14.7 Å². The Bertz CT molecular complexity index is 856. The Balaban J connectivity index is 1.48. The van der Waals surface area contributed by atoms with Crippen molar-refractivity contribution < 1.29 is 14.6 Å². The summed E-state index contributed by atoms with van der Waals surface area (Å²) in [7, 11) is 0. The Morgan fingerprint density at radius 2 is 1.87 bits per heavy atom. The number of nitrogens with zero attached hydrogens (tertiary/aromatic N) is 3. The molecule has 0 spiro atoms. The van der Waals surface area contributed by atoms with E-state index in [1.807, 2.05) is 35.2 Å². The first kappa shape index (κ1) is 22.8. The third-order valence-electron chi connectivity index (χ3n) is 5.67. The average molecular weight is 422 g/mol. The Morgan fingerprint density at radius 1 is 1.19 bits per heavy atom. The smallest absolute Gasteiger partial charge is 0.253 e. The highest BCUT2D eigenvalue weighted by Gasteiger charge is 2.28. The van der Waals surface area contributed by atoms with Crippen LogP contribution in [0.2, 0.25) is 0 Å². The number of aliphatic hydroxyl groups is 1. The number of ether oxygens (including phenoxy) is 1. The SMILES string of the molecule is CCCN(CC(O)COc1ccc(C#N)cc1)C1CCN(C(=O)c2ccccc2)CC1. The lowest BCUT2D eigenvalue weighted by molar-refractivity contribution is 0.0322. The van der Waals surface area contributed by atoms with Gasteiger partial charge in [0.05, 0.1) is 11.6 Å². The summed E-state index contributed by atoms with van der Waals surface area (Å²) in [4.78, 5) is 16.9. The lowest BCUT2D eigenvalue weighted by atomic mass is 10.0. The lowest BCUT2D eigenvalue weighted by Gasteiger charge is -2.39. The van der Waals surface area contributed by atoms with Gasteiger partial charge in [-0.15, -0.1) is 0 Å². The minimum absolute atomic E-state index is 0.0944. The molecule has 1 fully saturated rings. The second kappa shape index (κ2) is 11.5. The van der Waals surface area contributed by atoms with Gasteiger partial charge in [0, 0.05) is 31.2 Å². The summed E-state index contributed by atoms with van der Waals surface area (Å²) in [5, 5.41) is 19.4. The number of nitriles is 1. The van der Waals surface area contributed by atoms with Gasteiger partial charge in [-0.3, -0.25) is 9.69 Å². The van der Waals surface area contributed by atoms with Crippen LogP contribution in [0.5, 0.6) is 5.75 Å². The number of piperidine rings is 1. The molecule has 0 bridgehead atoms. The highest BCUT2D eigenvalue weighted by atomic mass is 16.5. The first-order valence-electron chi connectivity index (χ1n) is 11.0. The Morgan fingerprint density at radius 3 is 2.48 bits per heavy atom. The minimum Gasteiger partial charge on any atom is -0.491 e. The third kappa shape index (κ3) is 6.55. The molecule has 2 aromatic carbocycles. The van der Waals surface area contributed by atoms with Crippen molar-refractivity contribution in [3.8, 4) is 11.8 Å². The van der Waals surface area contributed by atoms with E-state index in [0.29, 0.717) is 23.9 Å². The molecule has 1 amide bonds. The standard InChI is InChI=1S/C25H31N3O3/c1-2-14-28(18-23(29)19-31-24-10-8-20(17-26)9-11-24)22-12-15-27(16-13-22)25(30)21-6-4-3-5-7-21/h3-11,22-23,29H,2,12-16,18-19H2,1H3. The maximum Gasteiger partial charge on any atom is 0.253 e. The van der Waals surface area contributed by atoms with Crippen molar-refractivity contribution in [3.05, 3.63) is 65.7 Å². The van der Waals surface area contributed by atoms with E-state index in [4.69, 9.17) is 10.00 Å². The van der Waals surface area contributed by atoms with Crippen LogP contribution in [0.25, 0.3) is 0 Å². The number of amides is 1. The van der Waals surface area contributed by atoms with Crippen LogP contribution in [0.15, 0.2) is 54.6 Å². The van der Waals surface area contributed by atoms with E-state index in [9.17, 15) is 9.90 Å². The van der Waals surface area contributed by atoms with Crippen LogP contribution in [-0.2, 0) is 0 Å². The summed E-state index contributed by atoms with van der Waals surface area (Å²) in [6, 6.07) is 18.8. The molecule has 1 heterocycles. The zero-order valence-corrected chi connectivity index (χ0v) is 18.1. The second-order valence-corrected chi connectivity index (χ2v) is 7.99. The van der Waals surface area contributed by atoms with E-state index < -0.39 is 6.10 Å². The van der Waals surface area contributed by atoms with Crippen molar-refractivity contribution >= 4 is 5.91 Å². The van der Waals surface area contributed by atoms with Crippen molar-refractivity contribution in [2.75, 3.05) is 32.8 Å². The largest absolute Gasteiger partial charge is 0.491 e. The summed E-state index contributed by atoms with van der Waals surface area (Å²) < 4.78 is 5.69. The molecule has 1 N–H and O–H groups in total. The van der Waals surface area contributed by atoms with Crippen LogP contribution < -0.4 is 4.74 Å². The fourth-order valence-electron chi connectivity index (χ4n) is 4.05. The number of hydrogen-bond donors (Lipinski definition) is 1. The molecule has 0 aliphatic carbocycles. The lowest BCUT2D eigenvalue weighted by Crippen LogP contribution is -2.49. The molecule has 0 aromatic heterocycles. The maximum absolute atomic E-state index is 12.7. The molecule has 1 saturated heterocycles. The summed E-state index contributed by atoms with van der Waals surface area (Å²) in [5.41, 5.74) is 1.32. The monoisotopic (exact) mass is 421 g/mol. The van der Waals surface area contributed by atoms with Gasteiger partial charge in [0.25, 0.3) is 5.91 Å². The van der Waals surface area contributed by atoms with E-state index in [-0.39, 0.29) is 12.5 Å². The number of carbonyl (C=O) groups is 1. The second-order valence-electron chi connectivity index (χ2n) is 7.99. The fourth-order valence-corrected chi connectivity index (χ4v) is 4.05. The third-order valence-corrected chi connectivity index (χ3v) is 5.67. The maximum atomic E-state index is 12.7. The van der Waals surface area contributed by atoms with E-state index in [2.05, 4.69) is 17.9 Å². The Hall–Kier alpha value is -2.88. The summed E-state index contributed by atoms with van der Waals surface area (Å²) in [6.45, 7) is 5.26. The van der Waals surface area contributed by atoms with Gasteiger partial charge in [0.15, 0.2) is 0 Å². The van der Waals surface area contributed by atoms with Gasteiger partial charge in [-0.1, -0.05) is 25.1 Å². The predicted octanol–water partition coefficient (Wildman–Crippen LogP) is 3.31. The number of likely N-dealkylation sites (tertiary alicyclic amines) is 1. The molecule has 31 heavy (non-hydrogen) atoms. The number of rotatable bonds is 9. The molecule has 6 nitrogen and oxygen atoms in total. The summed E-state index contributed by atoms with van der Waals surface area (Å²) in [5.74, 6) is 0.741. The average Bonchev–Trinajstić information content (AvgIpc) is 2.83. The minimum atomic E-state index is -0.605. The first-order valence-corrected chi connectivity index (χ1v) is 11.0. The molecule has 0 radical (unpaired) electrons. The summed E-state index contributed by atoms with van der Waals surface area (Å²) >= 11 is 0. The molecule has 3 rings (SSSR count).